The lowest BCUT2D eigenvalue weighted by molar-refractivity contribution is 0.0767. The molecule has 0 aliphatic rings. The summed E-state index contributed by atoms with van der Waals surface area (Å²) in [7, 11) is 0. The van der Waals surface area contributed by atoms with Crippen molar-refractivity contribution in [3.8, 4) is 11.3 Å². The summed E-state index contributed by atoms with van der Waals surface area (Å²) in [5.41, 5.74) is 1.02. The minimum atomic E-state index is -0.508. The van der Waals surface area contributed by atoms with Gasteiger partial charge in [0.15, 0.2) is 0 Å². The molecule has 0 spiro atoms. The van der Waals surface area contributed by atoms with E-state index in [1.807, 2.05) is 0 Å². The highest BCUT2D eigenvalue weighted by Crippen LogP contribution is 2.37. The van der Waals surface area contributed by atoms with E-state index in [4.69, 9.17) is 31.9 Å². The zero-order valence-corrected chi connectivity index (χ0v) is 14.5. The van der Waals surface area contributed by atoms with Crippen LogP contribution in [-0.4, -0.2) is 16.9 Å². The molecule has 0 fully saturated rings. The molecule has 0 N–H and O–H groups in total. The molecule has 2 aromatic rings. The number of halogens is 2. The molecule has 0 amide bonds. The maximum absolute atomic E-state index is 12.3. The summed E-state index contributed by atoms with van der Waals surface area (Å²) in [5, 5.41) is 4.71. The second kappa shape index (κ2) is 7.90. The molecule has 0 bridgehead atoms. The van der Waals surface area contributed by atoms with Crippen molar-refractivity contribution in [1.82, 2.24) is 5.16 Å². The maximum Gasteiger partial charge on any atom is 0.356 e. The highest BCUT2D eigenvalue weighted by atomic mass is 35.5. The summed E-state index contributed by atoms with van der Waals surface area (Å²) < 4.78 is 10.3. The number of hydrogen-bond donors (Lipinski definition) is 0. The Balaban J connectivity index is 2.30. The van der Waals surface area contributed by atoms with Gasteiger partial charge in [0.2, 0.25) is 0 Å². The summed E-state index contributed by atoms with van der Waals surface area (Å²) in [5.74, 6) is 0.604. The van der Waals surface area contributed by atoms with Crippen molar-refractivity contribution >= 4 is 41.2 Å². The summed E-state index contributed by atoms with van der Waals surface area (Å²) in [6.45, 7) is 3.72. The molecule has 4 nitrogen and oxygen atoms in total. The molecule has 0 aliphatic heterocycles. The van der Waals surface area contributed by atoms with Crippen LogP contribution >= 0.6 is 35.2 Å². The van der Waals surface area contributed by atoms with Gasteiger partial charge < -0.3 is 8.71 Å². The first-order chi connectivity index (χ1) is 10.6. The van der Waals surface area contributed by atoms with E-state index in [0.29, 0.717) is 27.1 Å². The first-order valence-electron chi connectivity index (χ1n) is 6.80. The zero-order chi connectivity index (χ0) is 16.1. The molecule has 1 heterocycles. The Morgan fingerprint density at radius 1 is 1.36 bits per heavy atom. The number of carbonyl (C=O) groups excluding carboxylic acids is 1. The van der Waals surface area contributed by atoms with Gasteiger partial charge in [-0.25, -0.2) is 4.79 Å². The van der Waals surface area contributed by atoms with Crippen LogP contribution < -0.4 is 0 Å². The van der Waals surface area contributed by atoms with E-state index in [0.717, 1.165) is 30.6 Å². The Labute approximate surface area is 143 Å². The van der Waals surface area contributed by atoms with Gasteiger partial charge in [-0.05, 0) is 25.5 Å². The van der Waals surface area contributed by atoms with Crippen molar-refractivity contribution in [2.24, 2.45) is 0 Å². The van der Waals surface area contributed by atoms with Crippen LogP contribution in [0.3, 0.4) is 0 Å². The summed E-state index contributed by atoms with van der Waals surface area (Å²) >= 11 is 13.5. The fourth-order valence-electron chi connectivity index (χ4n) is 1.85. The van der Waals surface area contributed by atoms with E-state index in [1.54, 1.807) is 25.1 Å². The Kier molecular flexibility index (Phi) is 6.17. The molecule has 0 radical (unpaired) electrons. The molecule has 0 atom stereocenters. The van der Waals surface area contributed by atoms with Gasteiger partial charge in [-0.15, -0.1) is 0 Å². The second-order valence-corrected chi connectivity index (χ2v) is 6.23. The van der Waals surface area contributed by atoms with Gasteiger partial charge in [-0.3, -0.25) is 0 Å². The maximum atomic E-state index is 12.3. The molecular formula is C15H15Cl2NO3S. The van der Waals surface area contributed by atoms with E-state index in [-0.39, 0.29) is 5.56 Å². The molecule has 118 valence electrons. The quantitative estimate of drug-likeness (QED) is 0.498. The third kappa shape index (κ3) is 3.77. The number of hydrogen-bond acceptors (Lipinski definition) is 5. The minimum absolute atomic E-state index is 0.249. The van der Waals surface area contributed by atoms with Crippen LogP contribution in [-0.2, 0) is 4.18 Å². The predicted octanol–water partition coefficient (Wildman–Crippen LogP) is 5.56. The van der Waals surface area contributed by atoms with Gasteiger partial charge in [-0.2, -0.15) is 0 Å². The number of nitrogens with zero attached hydrogens (tertiary/aromatic N) is 1. The molecule has 1 aromatic carbocycles. The summed E-state index contributed by atoms with van der Waals surface area (Å²) in [6, 6.07) is 5.08. The van der Waals surface area contributed by atoms with Crippen molar-refractivity contribution in [2.75, 3.05) is 5.75 Å². The van der Waals surface area contributed by atoms with Crippen LogP contribution in [0.4, 0.5) is 0 Å². The number of unbranched alkanes of at least 4 members (excludes halogenated alkanes) is 1. The van der Waals surface area contributed by atoms with E-state index in [2.05, 4.69) is 12.1 Å². The van der Waals surface area contributed by atoms with Gasteiger partial charge in [0.1, 0.15) is 17.0 Å². The number of carbonyl (C=O) groups is 1. The van der Waals surface area contributed by atoms with Gasteiger partial charge in [0, 0.05) is 11.3 Å². The Morgan fingerprint density at radius 3 is 2.68 bits per heavy atom. The third-order valence-corrected chi connectivity index (χ3v) is 4.34. The van der Waals surface area contributed by atoms with Crippen LogP contribution in [0, 0.1) is 6.92 Å². The van der Waals surface area contributed by atoms with Gasteiger partial charge >= 0.3 is 5.97 Å². The minimum Gasteiger partial charge on any atom is -0.388 e. The Morgan fingerprint density at radius 2 is 2.05 bits per heavy atom. The Hall–Kier alpha value is -1.17. The number of aromatic nitrogens is 1. The van der Waals surface area contributed by atoms with Crippen molar-refractivity contribution in [3.05, 3.63) is 39.6 Å². The third-order valence-electron chi connectivity index (χ3n) is 2.98. The Bertz CT molecular complexity index is 653. The lowest BCUT2D eigenvalue weighted by Crippen LogP contribution is -2.03. The molecule has 22 heavy (non-hydrogen) atoms. The van der Waals surface area contributed by atoms with Gasteiger partial charge in [0.05, 0.1) is 22.1 Å². The average molecular weight is 360 g/mol. The zero-order valence-electron chi connectivity index (χ0n) is 12.2. The molecule has 0 saturated carbocycles. The van der Waals surface area contributed by atoms with Crippen molar-refractivity contribution < 1.29 is 13.5 Å². The van der Waals surface area contributed by atoms with E-state index < -0.39 is 5.97 Å². The number of benzene rings is 1. The molecule has 0 aliphatic carbocycles. The number of aryl methyl sites for hydroxylation is 1. The van der Waals surface area contributed by atoms with Gasteiger partial charge in [-0.1, -0.05) is 47.8 Å². The SMILES string of the molecule is CCCCSOC(=O)c1c(-c2c(Cl)cccc2Cl)noc1C. The topological polar surface area (TPSA) is 52.3 Å². The molecule has 2 rings (SSSR count). The highest BCUT2D eigenvalue weighted by molar-refractivity contribution is 7.95. The summed E-state index contributed by atoms with van der Waals surface area (Å²) in [4.78, 5) is 12.3. The molecule has 0 saturated heterocycles. The van der Waals surface area contributed by atoms with Crippen molar-refractivity contribution in [1.29, 1.82) is 0 Å². The first-order valence-corrected chi connectivity index (χ1v) is 8.47. The van der Waals surface area contributed by atoms with Crippen LogP contribution in [0.2, 0.25) is 10.0 Å². The van der Waals surface area contributed by atoms with E-state index >= 15 is 0 Å². The van der Waals surface area contributed by atoms with E-state index in [1.165, 1.54) is 0 Å². The molecular weight excluding hydrogens is 345 g/mol. The summed E-state index contributed by atoms with van der Waals surface area (Å²) in [6.07, 6.45) is 2.01. The fourth-order valence-corrected chi connectivity index (χ4v) is 3.10. The smallest absolute Gasteiger partial charge is 0.356 e. The van der Waals surface area contributed by atoms with Crippen LogP contribution in [0.5, 0.6) is 0 Å². The van der Waals surface area contributed by atoms with Crippen molar-refractivity contribution in [3.63, 3.8) is 0 Å². The largest absolute Gasteiger partial charge is 0.388 e. The van der Waals surface area contributed by atoms with E-state index in [9.17, 15) is 4.79 Å². The lowest BCUT2D eigenvalue weighted by Gasteiger charge is -2.06. The number of rotatable bonds is 6. The first kappa shape index (κ1) is 17.2. The monoisotopic (exact) mass is 359 g/mol. The molecule has 7 heteroatoms. The molecule has 1 aromatic heterocycles. The second-order valence-electron chi connectivity index (χ2n) is 4.61. The lowest BCUT2D eigenvalue weighted by atomic mass is 10.1. The standard InChI is InChI=1S/C15H15Cl2NO3S/c1-3-4-8-22-21-15(19)12-9(2)20-18-14(12)13-10(16)6-5-7-11(13)17/h5-7H,3-4,8H2,1-2H3. The highest BCUT2D eigenvalue weighted by Gasteiger charge is 2.26. The van der Waals surface area contributed by atoms with Crippen LogP contribution in [0.15, 0.2) is 22.7 Å². The van der Waals surface area contributed by atoms with Gasteiger partial charge in [0.25, 0.3) is 0 Å². The van der Waals surface area contributed by atoms with Crippen LogP contribution in [0.1, 0.15) is 35.9 Å². The average Bonchev–Trinajstić information content (AvgIpc) is 2.85. The predicted molar refractivity (Wildman–Crippen MR) is 89.5 cm³/mol. The fraction of sp³-hybridized carbons (Fsp3) is 0.333. The molecule has 0 unspecified atom stereocenters. The van der Waals surface area contributed by atoms with Crippen molar-refractivity contribution in [2.45, 2.75) is 26.7 Å². The van der Waals surface area contributed by atoms with Crippen LogP contribution in [0.25, 0.3) is 11.3 Å². The normalized spacial score (nSPS) is 10.7.